The summed E-state index contributed by atoms with van der Waals surface area (Å²) >= 11 is 0. The van der Waals surface area contributed by atoms with E-state index in [0.29, 0.717) is 18.0 Å². The Bertz CT molecular complexity index is 508. The van der Waals surface area contributed by atoms with Crippen molar-refractivity contribution >= 4 is 17.6 Å². The van der Waals surface area contributed by atoms with Crippen LogP contribution in [0, 0.1) is 0 Å². The maximum atomic E-state index is 5.85. The normalized spacial score (nSPS) is 23.9. The van der Waals surface area contributed by atoms with E-state index >= 15 is 0 Å². The highest BCUT2D eigenvalue weighted by atomic mass is 16.5. The Balaban J connectivity index is 1.42. The Labute approximate surface area is 124 Å². The molecule has 0 bridgehead atoms. The minimum Gasteiger partial charge on any atom is -0.378 e. The van der Waals surface area contributed by atoms with Crippen LogP contribution in [0.3, 0.4) is 0 Å². The largest absolute Gasteiger partial charge is 0.378 e. The highest BCUT2D eigenvalue weighted by Gasteiger charge is 2.29. The molecule has 3 N–H and O–H groups in total. The molecule has 3 fully saturated rings. The van der Waals surface area contributed by atoms with Gasteiger partial charge in [0.2, 0.25) is 5.95 Å². The molecule has 4 rings (SSSR count). The van der Waals surface area contributed by atoms with Gasteiger partial charge in [0.05, 0.1) is 19.3 Å². The quantitative estimate of drug-likeness (QED) is 0.817. The second kappa shape index (κ2) is 5.31. The highest BCUT2D eigenvalue weighted by Crippen LogP contribution is 2.26. The van der Waals surface area contributed by atoms with E-state index in [1.54, 1.807) is 0 Å². The van der Waals surface area contributed by atoms with Crippen LogP contribution < -0.4 is 16.0 Å². The first kappa shape index (κ1) is 13.1. The molecule has 7 heteroatoms. The molecule has 1 aromatic rings. The van der Waals surface area contributed by atoms with Gasteiger partial charge in [0, 0.05) is 38.3 Å². The molecule has 1 aromatic heterocycles. The Kier molecular flexibility index (Phi) is 3.31. The lowest BCUT2D eigenvalue weighted by Crippen LogP contribution is -2.56. The van der Waals surface area contributed by atoms with E-state index < -0.39 is 0 Å². The number of ether oxygens (including phenoxy) is 1. The summed E-state index contributed by atoms with van der Waals surface area (Å²) in [5.41, 5.74) is 5.85. The molecule has 1 aliphatic carbocycles. The van der Waals surface area contributed by atoms with Crippen molar-refractivity contribution in [1.29, 1.82) is 0 Å². The lowest BCUT2D eigenvalue weighted by Gasteiger charge is -2.42. The summed E-state index contributed by atoms with van der Waals surface area (Å²) in [4.78, 5) is 13.5. The third kappa shape index (κ3) is 2.89. The van der Waals surface area contributed by atoms with Gasteiger partial charge < -0.3 is 20.7 Å². The molecule has 0 aromatic carbocycles. The second-order valence-electron chi connectivity index (χ2n) is 6.10. The van der Waals surface area contributed by atoms with Gasteiger partial charge in [0.25, 0.3) is 0 Å². The number of nitrogen functional groups attached to an aromatic ring is 1. The SMILES string of the molecule is Nc1nc(NC2CC2)cc(N2CCN(C3COC3)CC2)n1. The molecule has 7 nitrogen and oxygen atoms in total. The van der Waals surface area contributed by atoms with Crippen molar-refractivity contribution in [2.45, 2.75) is 24.9 Å². The molecular weight excluding hydrogens is 268 g/mol. The van der Waals surface area contributed by atoms with Crippen LogP contribution in [0.1, 0.15) is 12.8 Å². The van der Waals surface area contributed by atoms with Crippen LogP contribution in [0.2, 0.25) is 0 Å². The van der Waals surface area contributed by atoms with Crippen LogP contribution in [-0.4, -0.2) is 66.3 Å². The maximum Gasteiger partial charge on any atom is 0.223 e. The van der Waals surface area contributed by atoms with Crippen molar-refractivity contribution in [3.8, 4) is 0 Å². The minimum absolute atomic E-state index is 0.352. The van der Waals surface area contributed by atoms with E-state index in [1.165, 1.54) is 12.8 Å². The number of nitrogens with two attached hydrogens (primary N) is 1. The zero-order chi connectivity index (χ0) is 14.2. The Morgan fingerprint density at radius 1 is 1.14 bits per heavy atom. The van der Waals surface area contributed by atoms with E-state index in [1.807, 2.05) is 6.07 Å². The fourth-order valence-electron chi connectivity index (χ4n) is 2.88. The average molecular weight is 290 g/mol. The van der Waals surface area contributed by atoms with Crippen LogP contribution in [0.5, 0.6) is 0 Å². The van der Waals surface area contributed by atoms with Crippen LogP contribution in [0.15, 0.2) is 6.07 Å². The van der Waals surface area contributed by atoms with Gasteiger partial charge in [-0.15, -0.1) is 0 Å². The first-order valence-corrected chi connectivity index (χ1v) is 7.76. The number of aromatic nitrogens is 2. The maximum absolute atomic E-state index is 5.85. The molecule has 114 valence electrons. The Morgan fingerprint density at radius 2 is 1.90 bits per heavy atom. The number of nitrogens with zero attached hydrogens (tertiary/aromatic N) is 4. The van der Waals surface area contributed by atoms with E-state index in [4.69, 9.17) is 10.5 Å². The van der Waals surface area contributed by atoms with Gasteiger partial charge in [-0.3, -0.25) is 4.90 Å². The monoisotopic (exact) mass is 290 g/mol. The number of piperazine rings is 1. The zero-order valence-corrected chi connectivity index (χ0v) is 12.2. The molecular formula is C14H22N6O. The zero-order valence-electron chi connectivity index (χ0n) is 12.2. The third-order valence-corrected chi connectivity index (χ3v) is 4.43. The third-order valence-electron chi connectivity index (χ3n) is 4.43. The first-order valence-electron chi connectivity index (χ1n) is 7.76. The predicted molar refractivity (Wildman–Crippen MR) is 81.5 cm³/mol. The number of rotatable bonds is 4. The molecule has 0 atom stereocenters. The van der Waals surface area contributed by atoms with Crippen LogP contribution in [-0.2, 0) is 4.74 Å². The van der Waals surface area contributed by atoms with Crippen molar-refractivity contribution in [2.24, 2.45) is 0 Å². The summed E-state index contributed by atoms with van der Waals surface area (Å²) in [6, 6.07) is 3.22. The number of hydrogen-bond acceptors (Lipinski definition) is 7. The molecule has 2 saturated heterocycles. The molecule has 3 heterocycles. The topological polar surface area (TPSA) is 79.5 Å². The van der Waals surface area contributed by atoms with Gasteiger partial charge in [0.15, 0.2) is 0 Å². The van der Waals surface area contributed by atoms with Gasteiger partial charge in [-0.2, -0.15) is 9.97 Å². The fraction of sp³-hybridized carbons (Fsp3) is 0.714. The van der Waals surface area contributed by atoms with E-state index in [9.17, 15) is 0 Å². The molecule has 0 spiro atoms. The van der Waals surface area contributed by atoms with Crippen LogP contribution in [0.25, 0.3) is 0 Å². The summed E-state index contributed by atoms with van der Waals surface area (Å²) in [7, 11) is 0. The first-order chi connectivity index (χ1) is 10.3. The van der Waals surface area contributed by atoms with Gasteiger partial charge in [0.1, 0.15) is 11.6 Å². The standard InChI is InChI=1S/C14H22N6O/c15-14-17-12(16-10-1-2-10)7-13(18-14)20-5-3-19(4-6-20)11-8-21-9-11/h7,10-11H,1-6,8-9H2,(H3,15,16,17,18). The van der Waals surface area contributed by atoms with E-state index in [2.05, 4.69) is 25.1 Å². The average Bonchev–Trinajstić information content (AvgIpc) is 3.21. The lowest BCUT2D eigenvalue weighted by molar-refractivity contribution is -0.0660. The molecule has 2 aliphatic heterocycles. The number of hydrogen-bond donors (Lipinski definition) is 2. The van der Waals surface area contributed by atoms with Gasteiger partial charge >= 0.3 is 0 Å². The van der Waals surface area contributed by atoms with Crippen molar-refractivity contribution in [2.75, 3.05) is 55.3 Å². The van der Waals surface area contributed by atoms with Gasteiger partial charge in [-0.1, -0.05) is 0 Å². The summed E-state index contributed by atoms with van der Waals surface area (Å²) in [5, 5.41) is 3.40. The number of nitrogens with one attached hydrogen (secondary N) is 1. The smallest absolute Gasteiger partial charge is 0.223 e. The van der Waals surface area contributed by atoms with Crippen molar-refractivity contribution < 1.29 is 4.74 Å². The van der Waals surface area contributed by atoms with Crippen molar-refractivity contribution in [3.63, 3.8) is 0 Å². The summed E-state index contributed by atoms with van der Waals surface area (Å²) in [6.45, 7) is 5.85. The Morgan fingerprint density at radius 3 is 2.52 bits per heavy atom. The van der Waals surface area contributed by atoms with E-state index in [0.717, 1.165) is 51.0 Å². The highest BCUT2D eigenvalue weighted by molar-refractivity contribution is 5.53. The molecule has 3 aliphatic rings. The van der Waals surface area contributed by atoms with Crippen molar-refractivity contribution in [3.05, 3.63) is 6.07 Å². The molecule has 0 amide bonds. The predicted octanol–water partition coefficient (Wildman–Crippen LogP) is 0.154. The Hall–Kier alpha value is -1.60. The van der Waals surface area contributed by atoms with Gasteiger partial charge in [-0.25, -0.2) is 0 Å². The van der Waals surface area contributed by atoms with E-state index in [-0.39, 0.29) is 0 Å². The summed E-state index contributed by atoms with van der Waals surface area (Å²) in [5.74, 6) is 2.15. The lowest BCUT2D eigenvalue weighted by atomic mass is 10.2. The number of anilines is 3. The molecule has 1 saturated carbocycles. The molecule has 0 unspecified atom stereocenters. The minimum atomic E-state index is 0.352. The van der Waals surface area contributed by atoms with Crippen LogP contribution >= 0.6 is 0 Å². The fourth-order valence-corrected chi connectivity index (χ4v) is 2.88. The van der Waals surface area contributed by atoms with Gasteiger partial charge in [-0.05, 0) is 12.8 Å². The summed E-state index contributed by atoms with van der Waals surface area (Å²) in [6.07, 6.45) is 2.45. The summed E-state index contributed by atoms with van der Waals surface area (Å²) < 4.78 is 5.27. The second-order valence-corrected chi connectivity index (χ2v) is 6.10. The van der Waals surface area contributed by atoms with Crippen LogP contribution in [0.4, 0.5) is 17.6 Å². The van der Waals surface area contributed by atoms with Crippen molar-refractivity contribution in [1.82, 2.24) is 14.9 Å². The molecule has 0 radical (unpaired) electrons. The molecule has 21 heavy (non-hydrogen) atoms.